The smallest absolute Gasteiger partial charge is 0.137 e. The van der Waals surface area contributed by atoms with Gasteiger partial charge in [-0.15, -0.1) is 0 Å². The molecule has 53 valence electrons. The molecular weight excluding hydrogens is 197 g/mol. The summed E-state index contributed by atoms with van der Waals surface area (Å²) in [6, 6.07) is 5.71. The van der Waals surface area contributed by atoms with Gasteiger partial charge in [-0.2, -0.15) is 0 Å². The standard InChI is InChI=1S/C7H6BrFN/c8-6-2-1-5(4-10)3-7(6)9/h2-3H,4,10H2. The van der Waals surface area contributed by atoms with Crippen molar-refractivity contribution in [2.45, 2.75) is 6.54 Å². The quantitative estimate of drug-likeness (QED) is 0.740. The van der Waals surface area contributed by atoms with Gasteiger partial charge in [0.15, 0.2) is 0 Å². The molecule has 1 aromatic rings. The summed E-state index contributed by atoms with van der Waals surface area (Å²) in [5.74, 6) is -0.292. The monoisotopic (exact) mass is 202 g/mol. The van der Waals surface area contributed by atoms with Crippen LogP contribution in [0.4, 0.5) is 4.39 Å². The number of nitrogens with two attached hydrogens (primary N) is 1. The van der Waals surface area contributed by atoms with Crippen molar-refractivity contribution in [3.8, 4) is 0 Å². The van der Waals surface area contributed by atoms with Gasteiger partial charge in [-0.05, 0) is 39.7 Å². The molecular formula is C7H6BrFN. The van der Waals surface area contributed by atoms with E-state index in [-0.39, 0.29) is 5.82 Å². The van der Waals surface area contributed by atoms with Crippen LogP contribution in [0.15, 0.2) is 16.6 Å². The molecule has 0 fully saturated rings. The van der Waals surface area contributed by atoms with Crippen LogP contribution in [-0.4, -0.2) is 0 Å². The molecule has 0 amide bonds. The molecule has 1 rings (SSSR count). The van der Waals surface area contributed by atoms with E-state index in [1.54, 1.807) is 0 Å². The number of halogens is 2. The van der Waals surface area contributed by atoms with E-state index in [9.17, 15) is 4.39 Å². The van der Waals surface area contributed by atoms with E-state index in [4.69, 9.17) is 5.73 Å². The molecule has 0 aromatic heterocycles. The van der Waals surface area contributed by atoms with Gasteiger partial charge in [0.05, 0.1) is 4.47 Å². The van der Waals surface area contributed by atoms with E-state index >= 15 is 0 Å². The summed E-state index contributed by atoms with van der Waals surface area (Å²) in [5, 5.41) is 0. The van der Waals surface area contributed by atoms with Gasteiger partial charge in [0.2, 0.25) is 0 Å². The molecule has 1 radical (unpaired) electrons. The van der Waals surface area contributed by atoms with Crippen LogP contribution in [0.1, 0.15) is 5.56 Å². The van der Waals surface area contributed by atoms with Gasteiger partial charge >= 0.3 is 0 Å². The van der Waals surface area contributed by atoms with Crippen LogP contribution < -0.4 is 5.73 Å². The summed E-state index contributed by atoms with van der Waals surface area (Å²) >= 11 is 3.01. The zero-order valence-corrected chi connectivity index (χ0v) is 6.78. The van der Waals surface area contributed by atoms with Crippen LogP contribution in [-0.2, 0) is 6.54 Å². The normalized spacial score (nSPS) is 9.90. The van der Waals surface area contributed by atoms with E-state index in [1.165, 1.54) is 12.1 Å². The van der Waals surface area contributed by atoms with Gasteiger partial charge in [0, 0.05) is 6.54 Å². The third-order valence-corrected chi connectivity index (χ3v) is 1.74. The van der Waals surface area contributed by atoms with Crippen molar-refractivity contribution in [1.29, 1.82) is 0 Å². The zero-order valence-electron chi connectivity index (χ0n) is 5.20. The van der Waals surface area contributed by atoms with Crippen LogP contribution in [0, 0.1) is 11.9 Å². The number of benzene rings is 1. The molecule has 1 aromatic carbocycles. The highest BCUT2D eigenvalue weighted by atomic mass is 79.9. The summed E-state index contributed by atoms with van der Waals surface area (Å²) in [6.07, 6.45) is 0. The number of rotatable bonds is 1. The summed E-state index contributed by atoms with van der Waals surface area (Å²) < 4.78 is 13.1. The Morgan fingerprint density at radius 2 is 2.40 bits per heavy atom. The Morgan fingerprint density at radius 3 is 2.90 bits per heavy atom. The molecule has 10 heavy (non-hydrogen) atoms. The second-order valence-corrected chi connectivity index (χ2v) is 2.71. The fourth-order valence-corrected chi connectivity index (χ4v) is 0.835. The summed E-state index contributed by atoms with van der Waals surface area (Å²) in [7, 11) is 0. The predicted molar refractivity (Wildman–Crippen MR) is 40.8 cm³/mol. The Balaban J connectivity index is 3.04. The highest BCUT2D eigenvalue weighted by Gasteiger charge is 1.98. The molecule has 0 heterocycles. The van der Waals surface area contributed by atoms with Gasteiger partial charge < -0.3 is 5.73 Å². The molecule has 0 saturated carbocycles. The third kappa shape index (κ3) is 1.55. The highest BCUT2D eigenvalue weighted by Crippen LogP contribution is 2.15. The molecule has 0 aliphatic carbocycles. The first-order valence-corrected chi connectivity index (χ1v) is 3.59. The van der Waals surface area contributed by atoms with Crippen molar-refractivity contribution in [3.05, 3.63) is 34.1 Å². The Labute approximate surface area is 67.2 Å². The minimum absolute atomic E-state index is 0.292. The van der Waals surface area contributed by atoms with Crippen LogP contribution in [0.2, 0.25) is 0 Å². The van der Waals surface area contributed by atoms with Crippen LogP contribution >= 0.6 is 15.9 Å². The maximum Gasteiger partial charge on any atom is 0.137 e. The molecule has 3 heteroatoms. The number of hydrogen-bond donors (Lipinski definition) is 1. The van der Waals surface area contributed by atoms with E-state index in [0.717, 1.165) is 0 Å². The number of hydrogen-bond acceptors (Lipinski definition) is 1. The van der Waals surface area contributed by atoms with Crippen molar-refractivity contribution in [3.63, 3.8) is 0 Å². The molecule has 2 N–H and O–H groups in total. The first-order chi connectivity index (χ1) is 4.74. The minimum atomic E-state index is -0.292. The van der Waals surface area contributed by atoms with Gasteiger partial charge in [-0.3, -0.25) is 0 Å². The first-order valence-electron chi connectivity index (χ1n) is 2.79. The lowest BCUT2D eigenvalue weighted by atomic mass is 10.2. The lowest BCUT2D eigenvalue weighted by Crippen LogP contribution is -1.96. The summed E-state index contributed by atoms with van der Waals surface area (Å²) in [6.45, 7) is 0.324. The second kappa shape index (κ2) is 3.12. The fraction of sp³-hybridized carbons (Fsp3) is 0.143. The fourth-order valence-electron chi connectivity index (χ4n) is 0.606. The van der Waals surface area contributed by atoms with Gasteiger partial charge in [-0.25, -0.2) is 4.39 Å². The molecule has 1 nitrogen and oxygen atoms in total. The molecule has 0 aliphatic rings. The van der Waals surface area contributed by atoms with E-state index in [1.807, 2.05) is 0 Å². The molecule has 0 atom stereocenters. The Hall–Kier alpha value is -0.410. The van der Waals surface area contributed by atoms with E-state index in [2.05, 4.69) is 22.0 Å². The summed E-state index contributed by atoms with van der Waals surface area (Å²) in [4.78, 5) is 0. The third-order valence-electron chi connectivity index (χ3n) is 1.13. The maximum atomic E-state index is 12.6. The van der Waals surface area contributed by atoms with Crippen molar-refractivity contribution >= 4 is 15.9 Å². The van der Waals surface area contributed by atoms with E-state index < -0.39 is 0 Å². The largest absolute Gasteiger partial charge is 0.326 e. The minimum Gasteiger partial charge on any atom is -0.326 e. The van der Waals surface area contributed by atoms with E-state index in [0.29, 0.717) is 16.6 Å². The maximum absolute atomic E-state index is 12.6. The van der Waals surface area contributed by atoms with Crippen LogP contribution in [0.25, 0.3) is 0 Å². The molecule has 0 spiro atoms. The zero-order chi connectivity index (χ0) is 7.56. The predicted octanol–water partition coefficient (Wildman–Crippen LogP) is 1.85. The first kappa shape index (κ1) is 7.69. The average molecular weight is 203 g/mol. The summed E-state index contributed by atoms with van der Waals surface area (Å²) in [5.41, 5.74) is 5.94. The van der Waals surface area contributed by atoms with Crippen LogP contribution in [0.5, 0.6) is 0 Å². The highest BCUT2D eigenvalue weighted by molar-refractivity contribution is 9.10. The van der Waals surface area contributed by atoms with Gasteiger partial charge in [-0.1, -0.05) is 0 Å². The SMILES string of the molecule is NCc1[c]cc(Br)c(F)c1. The Kier molecular flexibility index (Phi) is 2.40. The topological polar surface area (TPSA) is 26.0 Å². The second-order valence-electron chi connectivity index (χ2n) is 1.86. The van der Waals surface area contributed by atoms with Crippen molar-refractivity contribution < 1.29 is 4.39 Å². The molecule has 0 unspecified atom stereocenters. The van der Waals surface area contributed by atoms with Crippen molar-refractivity contribution in [2.24, 2.45) is 5.73 Å². The molecule has 0 saturated heterocycles. The van der Waals surface area contributed by atoms with Gasteiger partial charge in [0.25, 0.3) is 0 Å². The van der Waals surface area contributed by atoms with Gasteiger partial charge in [0.1, 0.15) is 5.82 Å². The molecule has 0 aliphatic heterocycles. The molecule has 0 bridgehead atoms. The lowest BCUT2D eigenvalue weighted by Gasteiger charge is -1.96. The Bertz CT molecular complexity index is 237. The van der Waals surface area contributed by atoms with Crippen LogP contribution in [0.3, 0.4) is 0 Å². The lowest BCUT2D eigenvalue weighted by molar-refractivity contribution is 0.618. The Morgan fingerprint density at radius 1 is 1.70 bits per heavy atom. The average Bonchev–Trinajstić information content (AvgIpc) is 1.95. The van der Waals surface area contributed by atoms with Crippen molar-refractivity contribution in [2.75, 3.05) is 0 Å². The van der Waals surface area contributed by atoms with Crippen molar-refractivity contribution in [1.82, 2.24) is 0 Å².